The second-order valence-corrected chi connectivity index (χ2v) is 6.70. The lowest BCUT2D eigenvalue weighted by Gasteiger charge is -2.34. The number of carbonyl (C=O) groups is 1. The number of nitrogens with two attached hydrogens (primary N) is 1. The Morgan fingerprint density at radius 2 is 1.71 bits per heavy atom. The molecule has 2 fully saturated rings. The third-order valence-corrected chi connectivity index (χ3v) is 4.82. The lowest BCUT2D eigenvalue weighted by Crippen LogP contribution is -2.43. The number of anilines is 1. The molecule has 0 atom stereocenters. The van der Waals surface area contributed by atoms with Crippen molar-refractivity contribution in [3.05, 3.63) is 29.8 Å². The average Bonchev–Trinajstić information content (AvgIpc) is 3.32. The highest BCUT2D eigenvalue weighted by Crippen LogP contribution is 2.33. The van der Waals surface area contributed by atoms with E-state index in [1.165, 1.54) is 44.9 Å². The maximum atomic E-state index is 12.8. The van der Waals surface area contributed by atoms with Gasteiger partial charge in [0.25, 0.3) is 0 Å². The van der Waals surface area contributed by atoms with E-state index in [1.807, 2.05) is 24.3 Å². The summed E-state index contributed by atoms with van der Waals surface area (Å²) in [7, 11) is 0. The average molecular weight is 286 g/mol. The van der Waals surface area contributed by atoms with E-state index in [-0.39, 0.29) is 0 Å². The third kappa shape index (κ3) is 3.99. The van der Waals surface area contributed by atoms with Crippen molar-refractivity contribution in [2.45, 2.75) is 57.4 Å². The van der Waals surface area contributed by atoms with Gasteiger partial charge >= 0.3 is 0 Å². The number of nitrogens with zero attached hydrogens (tertiary/aromatic N) is 1. The van der Waals surface area contributed by atoms with Crippen LogP contribution in [0, 0.1) is 5.92 Å². The van der Waals surface area contributed by atoms with Crippen LogP contribution in [0.1, 0.15) is 50.5 Å². The highest BCUT2D eigenvalue weighted by atomic mass is 16.2. The Bertz CT molecular complexity index is 472. The van der Waals surface area contributed by atoms with Gasteiger partial charge in [-0.2, -0.15) is 0 Å². The summed E-state index contributed by atoms with van der Waals surface area (Å²) in [6, 6.07) is 8.20. The summed E-state index contributed by atoms with van der Waals surface area (Å²) in [6.45, 7) is 0.985. The van der Waals surface area contributed by atoms with Crippen molar-refractivity contribution < 1.29 is 4.79 Å². The molecule has 1 aromatic carbocycles. The molecular weight excluding hydrogens is 260 g/mol. The number of rotatable bonds is 5. The second kappa shape index (κ2) is 6.50. The molecule has 2 aliphatic rings. The molecule has 3 rings (SSSR count). The van der Waals surface area contributed by atoms with Gasteiger partial charge < -0.3 is 10.6 Å². The van der Waals surface area contributed by atoms with Gasteiger partial charge in [-0.15, -0.1) is 0 Å². The van der Waals surface area contributed by atoms with Crippen molar-refractivity contribution in [3.63, 3.8) is 0 Å². The predicted octanol–water partition coefficient (Wildman–Crippen LogP) is 3.38. The molecule has 0 aromatic heterocycles. The molecule has 1 amide bonds. The first-order chi connectivity index (χ1) is 10.2. The number of nitrogen functional groups attached to an aromatic ring is 1. The molecule has 1 aromatic rings. The van der Waals surface area contributed by atoms with E-state index in [4.69, 9.17) is 5.73 Å². The standard InChI is InChI=1S/C18H26N2O/c19-16-10-8-14(9-11-16)12-18(21)20(13-15-6-7-15)17-4-2-1-3-5-17/h8-11,15,17H,1-7,12-13,19H2. The van der Waals surface area contributed by atoms with E-state index >= 15 is 0 Å². The largest absolute Gasteiger partial charge is 0.399 e. The molecule has 0 unspecified atom stereocenters. The highest BCUT2D eigenvalue weighted by molar-refractivity contribution is 5.79. The van der Waals surface area contributed by atoms with Crippen molar-refractivity contribution in [1.82, 2.24) is 4.90 Å². The molecular formula is C18H26N2O. The van der Waals surface area contributed by atoms with Gasteiger partial charge in [0.2, 0.25) is 5.91 Å². The number of amides is 1. The third-order valence-electron chi connectivity index (χ3n) is 4.82. The first-order valence-corrected chi connectivity index (χ1v) is 8.36. The normalized spacial score (nSPS) is 19.4. The topological polar surface area (TPSA) is 46.3 Å². The van der Waals surface area contributed by atoms with Gasteiger partial charge in [0.05, 0.1) is 6.42 Å². The fourth-order valence-corrected chi connectivity index (χ4v) is 3.34. The van der Waals surface area contributed by atoms with Gasteiger partial charge in [-0.1, -0.05) is 31.4 Å². The molecule has 0 saturated heterocycles. The number of hydrogen-bond acceptors (Lipinski definition) is 2. The van der Waals surface area contributed by atoms with Crippen LogP contribution in [0.5, 0.6) is 0 Å². The Labute approximate surface area is 127 Å². The maximum Gasteiger partial charge on any atom is 0.227 e. The molecule has 0 aliphatic heterocycles. The maximum absolute atomic E-state index is 12.8. The van der Waals surface area contributed by atoms with Gasteiger partial charge in [-0.25, -0.2) is 0 Å². The van der Waals surface area contributed by atoms with Crippen LogP contribution in [0.2, 0.25) is 0 Å². The lowest BCUT2D eigenvalue weighted by atomic mass is 9.93. The fourth-order valence-electron chi connectivity index (χ4n) is 3.34. The molecule has 2 aliphatic carbocycles. The van der Waals surface area contributed by atoms with Crippen LogP contribution in [-0.2, 0) is 11.2 Å². The van der Waals surface area contributed by atoms with Crippen LogP contribution in [0.4, 0.5) is 5.69 Å². The highest BCUT2D eigenvalue weighted by Gasteiger charge is 2.31. The molecule has 3 nitrogen and oxygen atoms in total. The summed E-state index contributed by atoms with van der Waals surface area (Å²) in [5, 5.41) is 0. The molecule has 2 N–H and O–H groups in total. The molecule has 3 heteroatoms. The quantitative estimate of drug-likeness (QED) is 0.843. The summed E-state index contributed by atoms with van der Waals surface area (Å²) in [5.74, 6) is 1.07. The van der Waals surface area contributed by atoms with Gasteiger partial charge in [-0.05, 0) is 49.3 Å². The van der Waals surface area contributed by atoms with Crippen LogP contribution in [0.15, 0.2) is 24.3 Å². The van der Waals surface area contributed by atoms with Gasteiger partial charge in [0.15, 0.2) is 0 Å². The van der Waals surface area contributed by atoms with Crippen molar-refractivity contribution in [2.24, 2.45) is 5.92 Å². The molecule has 0 heterocycles. The number of benzene rings is 1. The predicted molar refractivity (Wildman–Crippen MR) is 85.9 cm³/mol. The van der Waals surface area contributed by atoms with Crippen molar-refractivity contribution >= 4 is 11.6 Å². The first kappa shape index (κ1) is 14.4. The van der Waals surface area contributed by atoms with Crippen LogP contribution in [0.3, 0.4) is 0 Å². The summed E-state index contributed by atoms with van der Waals surface area (Å²) in [4.78, 5) is 15.0. The lowest BCUT2D eigenvalue weighted by molar-refractivity contribution is -0.133. The molecule has 2 saturated carbocycles. The van der Waals surface area contributed by atoms with Gasteiger partial charge in [0.1, 0.15) is 0 Å². The minimum Gasteiger partial charge on any atom is -0.399 e. The number of carbonyl (C=O) groups excluding carboxylic acids is 1. The summed E-state index contributed by atoms with van der Waals surface area (Å²) >= 11 is 0. The van der Waals surface area contributed by atoms with E-state index < -0.39 is 0 Å². The Morgan fingerprint density at radius 1 is 1.05 bits per heavy atom. The minimum atomic E-state index is 0.304. The van der Waals surface area contributed by atoms with Crippen LogP contribution < -0.4 is 5.73 Å². The van der Waals surface area contributed by atoms with E-state index in [0.717, 1.165) is 23.7 Å². The fraction of sp³-hybridized carbons (Fsp3) is 0.611. The van der Waals surface area contributed by atoms with Crippen molar-refractivity contribution in [2.75, 3.05) is 12.3 Å². The van der Waals surface area contributed by atoms with Gasteiger partial charge in [0, 0.05) is 18.3 Å². The molecule has 0 radical (unpaired) electrons. The zero-order chi connectivity index (χ0) is 14.7. The Hall–Kier alpha value is -1.51. The SMILES string of the molecule is Nc1ccc(CC(=O)N(CC2CC2)C2CCCCC2)cc1. The van der Waals surface area contributed by atoms with Crippen LogP contribution in [-0.4, -0.2) is 23.4 Å². The van der Waals surface area contributed by atoms with E-state index in [1.54, 1.807) is 0 Å². The summed E-state index contributed by atoms with van der Waals surface area (Å²) in [5.41, 5.74) is 7.55. The van der Waals surface area contributed by atoms with Crippen LogP contribution in [0.25, 0.3) is 0 Å². The molecule has 0 bridgehead atoms. The molecule has 0 spiro atoms. The number of hydrogen-bond donors (Lipinski definition) is 1. The van der Waals surface area contributed by atoms with Crippen molar-refractivity contribution in [1.29, 1.82) is 0 Å². The van der Waals surface area contributed by atoms with Crippen LogP contribution >= 0.6 is 0 Å². The van der Waals surface area contributed by atoms with E-state index in [9.17, 15) is 4.79 Å². The Morgan fingerprint density at radius 3 is 2.33 bits per heavy atom. The zero-order valence-corrected chi connectivity index (χ0v) is 12.8. The zero-order valence-electron chi connectivity index (χ0n) is 12.8. The van der Waals surface area contributed by atoms with Crippen molar-refractivity contribution in [3.8, 4) is 0 Å². The Balaban J connectivity index is 1.65. The minimum absolute atomic E-state index is 0.304. The van der Waals surface area contributed by atoms with Gasteiger partial charge in [-0.3, -0.25) is 4.79 Å². The Kier molecular flexibility index (Phi) is 4.47. The summed E-state index contributed by atoms with van der Waals surface area (Å²) < 4.78 is 0. The summed E-state index contributed by atoms with van der Waals surface area (Å²) in [6.07, 6.45) is 9.41. The van der Waals surface area contributed by atoms with E-state index in [2.05, 4.69) is 4.90 Å². The monoisotopic (exact) mass is 286 g/mol. The second-order valence-electron chi connectivity index (χ2n) is 6.70. The van der Waals surface area contributed by atoms with E-state index in [0.29, 0.717) is 18.4 Å². The molecule has 114 valence electrons. The smallest absolute Gasteiger partial charge is 0.227 e. The first-order valence-electron chi connectivity index (χ1n) is 8.36. The molecule has 21 heavy (non-hydrogen) atoms.